The van der Waals surface area contributed by atoms with Gasteiger partial charge in [-0.1, -0.05) is 23.2 Å². The highest BCUT2D eigenvalue weighted by Crippen LogP contribution is 2.37. The van der Waals surface area contributed by atoms with Gasteiger partial charge in [-0.15, -0.1) is 12.4 Å². The molecule has 0 unspecified atom stereocenters. The van der Waals surface area contributed by atoms with E-state index in [0.29, 0.717) is 16.0 Å². The van der Waals surface area contributed by atoms with E-state index >= 15 is 0 Å². The molecule has 1 saturated carbocycles. The number of halogens is 3. The van der Waals surface area contributed by atoms with E-state index in [0.717, 1.165) is 18.4 Å². The molecule has 90 valence electrons. The molecule has 3 N–H and O–H groups in total. The molecule has 16 heavy (non-hydrogen) atoms. The van der Waals surface area contributed by atoms with Crippen LogP contribution in [-0.2, 0) is 0 Å². The summed E-state index contributed by atoms with van der Waals surface area (Å²) in [5, 5.41) is 11.0. The lowest BCUT2D eigenvalue weighted by Gasteiger charge is -2.19. The van der Waals surface area contributed by atoms with Gasteiger partial charge in [0.2, 0.25) is 0 Å². The van der Waals surface area contributed by atoms with Gasteiger partial charge in [-0.25, -0.2) is 0 Å². The second-order valence-corrected chi connectivity index (χ2v) is 4.93. The van der Waals surface area contributed by atoms with E-state index in [1.54, 1.807) is 18.2 Å². The number of nitrogens with two attached hydrogens (primary N) is 1. The summed E-state index contributed by atoms with van der Waals surface area (Å²) < 4.78 is 0. The molecule has 0 bridgehead atoms. The zero-order valence-electron chi connectivity index (χ0n) is 8.57. The van der Waals surface area contributed by atoms with Crippen molar-refractivity contribution in [3.05, 3.63) is 33.8 Å². The molecule has 1 fully saturated rings. The Hall–Kier alpha value is 0.01000. The Kier molecular flexibility index (Phi) is 4.89. The molecule has 0 heterocycles. The summed E-state index contributed by atoms with van der Waals surface area (Å²) >= 11 is 11.7. The van der Waals surface area contributed by atoms with Gasteiger partial charge in [-0.05, 0) is 42.5 Å². The summed E-state index contributed by atoms with van der Waals surface area (Å²) in [6.07, 6.45) is 1.63. The topological polar surface area (TPSA) is 46.2 Å². The smallest absolute Gasteiger partial charge is 0.0760 e. The molecule has 0 radical (unpaired) electrons. The minimum absolute atomic E-state index is 0. The second kappa shape index (κ2) is 5.56. The van der Waals surface area contributed by atoms with Crippen LogP contribution in [-0.4, -0.2) is 11.2 Å². The van der Waals surface area contributed by atoms with E-state index in [4.69, 9.17) is 28.9 Å². The van der Waals surface area contributed by atoms with Crippen LogP contribution in [0.5, 0.6) is 0 Å². The van der Waals surface area contributed by atoms with Crippen molar-refractivity contribution < 1.29 is 5.11 Å². The number of aliphatic hydroxyl groups is 1. The highest BCUT2D eigenvalue weighted by Gasteiger charge is 2.34. The molecule has 1 aromatic carbocycles. The molecule has 2 atom stereocenters. The van der Waals surface area contributed by atoms with E-state index in [2.05, 4.69) is 0 Å². The van der Waals surface area contributed by atoms with Crippen LogP contribution in [0.1, 0.15) is 24.4 Å². The minimum Gasteiger partial charge on any atom is -0.391 e. The van der Waals surface area contributed by atoms with E-state index in [9.17, 15) is 5.11 Å². The first-order chi connectivity index (χ1) is 7.08. The lowest BCUT2D eigenvalue weighted by atomic mass is 9.99. The summed E-state index contributed by atoms with van der Waals surface area (Å²) in [6, 6.07) is 4.77. The summed E-state index contributed by atoms with van der Waals surface area (Å²) in [5.41, 5.74) is 6.75. The Morgan fingerprint density at radius 2 is 1.69 bits per heavy atom. The van der Waals surface area contributed by atoms with Crippen molar-refractivity contribution >= 4 is 35.6 Å². The molecular formula is C11H14Cl3NO. The summed E-state index contributed by atoms with van der Waals surface area (Å²) in [4.78, 5) is 0. The number of benzene rings is 1. The molecule has 2 rings (SSSR count). The van der Waals surface area contributed by atoms with Crippen LogP contribution in [0.3, 0.4) is 0 Å². The Morgan fingerprint density at radius 1 is 1.19 bits per heavy atom. The van der Waals surface area contributed by atoms with Crippen LogP contribution >= 0.6 is 35.6 Å². The average Bonchev–Trinajstić information content (AvgIpc) is 2.97. The molecular weight excluding hydrogens is 268 g/mol. The Balaban J connectivity index is 0.00000128. The Morgan fingerprint density at radius 3 is 2.12 bits per heavy atom. The number of hydrogen-bond donors (Lipinski definition) is 2. The zero-order chi connectivity index (χ0) is 11.0. The third-order valence-electron chi connectivity index (χ3n) is 2.74. The molecule has 0 aromatic heterocycles. The van der Waals surface area contributed by atoms with Gasteiger partial charge in [0, 0.05) is 10.0 Å². The maximum absolute atomic E-state index is 9.88. The van der Waals surface area contributed by atoms with Gasteiger partial charge in [0.05, 0.1) is 12.1 Å². The molecule has 1 aliphatic rings. The average molecular weight is 283 g/mol. The van der Waals surface area contributed by atoms with Crippen molar-refractivity contribution in [1.29, 1.82) is 0 Å². The quantitative estimate of drug-likeness (QED) is 0.894. The van der Waals surface area contributed by atoms with Crippen LogP contribution in [0, 0.1) is 5.92 Å². The number of aliphatic hydroxyl groups excluding tert-OH is 1. The van der Waals surface area contributed by atoms with Crippen molar-refractivity contribution in [2.45, 2.75) is 25.0 Å². The fourth-order valence-corrected chi connectivity index (χ4v) is 2.24. The van der Waals surface area contributed by atoms with Crippen molar-refractivity contribution in [2.24, 2.45) is 11.7 Å². The van der Waals surface area contributed by atoms with Gasteiger partial charge < -0.3 is 10.8 Å². The van der Waals surface area contributed by atoms with Gasteiger partial charge in [-0.2, -0.15) is 0 Å². The standard InChI is InChI=1S/C11H13Cl2NO.ClH/c12-8-3-7(4-9(13)5-8)10(14)11(15)6-1-2-6;/h3-6,10-11,15H,1-2,14H2;1H/t10-,11+;/m1./s1. The van der Waals surface area contributed by atoms with Gasteiger partial charge in [0.15, 0.2) is 0 Å². The van der Waals surface area contributed by atoms with Crippen molar-refractivity contribution in [2.75, 3.05) is 0 Å². The zero-order valence-corrected chi connectivity index (χ0v) is 10.9. The van der Waals surface area contributed by atoms with Crippen LogP contribution in [0.15, 0.2) is 18.2 Å². The fraction of sp³-hybridized carbons (Fsp3) is 0.455. The number of hydrogen-bond acceptors (Lipinski definition) is 2. The highest BCUT2D eigenvalue weighted by atomic mass is 35.5. The first kappa shape index (κ1) is 14.1. The SMILES string of the molecule is Cl.N[C@H](c1cc(Cl)cc(Cl)c1)[C@@H](O)C1CC1. The molecule has 1 aliphatic carbocycles. The first-order valence-corrected chi connectivity index (χ1v) is 5.73. The highest BCUT2D eigenvalue weighted by molar-refractivity contribution is 6.34. The first-order valence-electron chi connectivity index (χ1n) is 4.97. The van der Waals surface area contributed by atoms with E-state index in [1.807, 2.05) is 0 Å². The normalized spacial score (nSPS) is 18.8. The summed E-state index contributed by atoms with van der Waals surface area (Å²) in [7, 11) is 0. The Bertz CT molecular complexity index is 348. The second-order valence-electron chi connectivity index (χ2n) is 4.06. The summed E-state index contributed by atoms with van der Waals surface area (Å²) in [5.74, 6) is 0.345. The fourth-order valence-electron chi connectivity index (χ4n) is 1.70. The van der Waals surface area contributed by atoms with E-state index in [1.165, 1.54) is 0 Å². The van der Waals surface area contributed by atoms with Crippen LogP contribution in [0.4, 0.5) is 0 Å². The monoisotopic (exact) mass is 281 g/mol. The van der Waals surface area contributed by atoms with Gasteiger partial charge in [0.25, 0.3) is 0 Å². The Labute approximate surface area is 111 Å². The van der Waals surface area contributed by atoms with Crippen LogP contribution in [0.2, 0.25) is 10.0 Å². The largest absolute Gasteiger partial charge is 0.391 e. The maximum Gasteiger partial charge on any atom is 0.0760 e. The third-order valence-corrected chi connectivity index (χ3v) is 3.18. The molecule has 0 spiro atoms. The van der Waals surface area contributed by atoms with Gasteiger partial charge in [0.1, 0.15) is 0 Å². The molecule has 0 aliphatic heterocycles. The molecule has 1 aromatic rings. The molecule has 0 saturated heterocycles. The lowest BCUT2D eigenvalue weighted by molar-refractivity contribution is 0.122. The summed E-state index contributed by atoms with van der Waals surface area (Å²) in [6.45, 7) is 0. The molecule has 2 nitrogen and oxygen atoms in total. The predicted octanol–water partition coefficient (Wildman–Crippen LogP) is 3.19. The lowest BCUT2D eigenvalue weighted by Crippen LogP contribution is -2.27. The van der Waals surface area contributed by atoms with Gasteiger partial charge in [-0.3, -0.25) is 0 Å². The van der Waals surface area contributed by atoms with Crippen LogP contribution in [0.25, 0.3) is 0 Å². The van der Waals surface area contributed by atoms with Crippen LogP contribution < -0.4 is 5.73 Å². The van der Waals surface area contributed by atoms with E-state index < -0.39 is 12.1 Å². The molecule has 0 amide bonds. The minimum atomic E-state index is -0.487. The molecule has 5 heteroatoms. The van der Waals surface area contributed by atoms with Gasteiger partial charge >= 0.3 is 0 Å². The van der Waals surface area contributed by atoms with Crippen molar-refractivity contribution in [1.82, 2.24) is 0 Å². The van der Waals surface area contributed by atoms with Crippen molar-refractivity contribution in [3.8, 4) is 0 Å². The number of rotatable bonds is 3. The third kappa shape index (κ3) is 3.25. The predicted molar refractivity (Wildman–Crippen MR) is 69.4 cm³/mol. The van der Waals surface area contributed by atoms with Crippen molar-refractivity contribution in [3.63, 3.8) is 0 Å². The van der Waals surface area contributed by atoms with E-state index in [-0.39, 0.29) is 12.4 Å². The maximum atomic E-state index is 9.88.